The Morgan fingerprint density at radius 1 is 1.25 bits per heavy atom. The van der Waals surface area contributed by atoms with Gasteiger partial charge in [-0.2, -0.15) is 0 Å². The molecular formula is C17H16ClNO. The van der Waals surface area contributed by atoms with Crippen LogP contribution in [0.15, 0.2) is 43.0 Å². The van der Waals surface area contributed by atoms with Crippen molar-refractivity contribution in [2.75, 3.05) is 7.11 Å². The number of nitrogens with zero attached hydrogens (tertiary/aromatic N) is 1. The Labute approximate surface area is 124 Å². The van der Waals surface area contributed by atoms with Gasteiger partial charge in [-0.05, 0) is 36.8 Å². The number of allylic oxidation sites excluding steroid dienone is 1. The second-order valence-corrected chi connectivity index (χ2v) is 4.59. The highest BCUT2D eigenvalue weighted by molar-refractivity contribution is 6.32. The van der Waals surface area contributed by atoms with Crippen LogP contribution < -0.4 is 4.74 Å². The summed E-state index contributed by atoms with van der Waals surface area (Å²) >= 11 is 6.29. The first-order valence-electron chi connectivity index (χ1n) is 6.29. The molecule has 2 nitrogen and oxygen atoms in total. The number of hydrogen-bond donors (Lipinski definition) is 0. The lowest BCUT2D eigenvalue weighted by atomic mass is 10.0. The minimum Gasteiger partial charge on any atom is -0.497 e. The van der Waals surface area contributed by atoms with Crippen molar-refractivity contribution < 1.29 is 4.74 Å². The van der Waals surface area contributed by atoms with E-state index in [4.69, 9.17) is 16.3 Å². The third-order valence-electron chi connectivity index (χ3n) is 2.98. The van der Waals surface area contributed by atoms with Gasteiger partial charge in [-0.15, -0.1) is 0 Å². The van der Waals surface area contributed by atoms with Gasteiger partial charge in [0.1, 0.15) is 10.9 Å². The molecule has 102 valence electrons. The van der Waals surface area contributed by atoms with Gasteiger partial charge >= 0.3 is 0 Å². The Hall–Kier alpha value is -2.06. The second-order valence-electron chi connectivity index (χ2n) is 4.23. The van der Waals surface area contributed by atoms with Crippen molar-refractivity contribution in [1.29, 1.82) is 0 Å². The van der Waals surface area contributed by atoms with Crippen molar-refractivity contribution in [3.05, 3.63) is 59.4 Å². The smallest absolute Gasteiger partial charge is 0.137 e. The molecule has 0 aliphatic carbocycles. The number of pyridine rings is 1. The van der Waals surface area contributed by atoms with Crippen LogP contribution in [0, 0.1) is 0 Å². The summed E-state index contributed by atoms with van der Waals surface area (Å²) in [7, 11) is 1.64. The molecule has 0 saturated carbocycles. The van der Waals surface area contributed by atoms with Crippen molar-refractivity contribution in [3.8, 4) is 16.9 Å². The van der Waals surface area contributed by atoms with Gasteiger partial charge in [0.15, 0.2) is 0 Å². The Balaban J connectivity index is 2.53. The van der Waals surface area contributed by atoms with Crippen molar-refractivity contribution in [2.45, 2.75) is 6.92 Å². The molecule has 0 spiro atoms. The maximum Gasteiger partial charge on any atom is 0.137 e. The van der Waals surface area contributed by atoms with E-state index >= 15 is 0 Å². The van der Waals surface area contributed by atoms with Crippen LogP contribution in [-0.2, 0) is 0 Å². The van der Waals surface area contributed by atoms with E-state index in [-0.39, 0.29) is 0 Å². The zero-order valence-corrected chi connectivity index (χ0v) is 12.3. The van der Waals surface area contributed by atoms with Gasteiger partial charge in [0.2, 0.25) is 0 Å². The van der Waals surface area contributed by atoms with Gasteiger partial charge in [0, 0.05) is 11.1 Å². The Morgan fingerprint density at radius 2 is 1.95 bits per heavy atom. The first-order chi connectivity index (χ1) is 9.69. The zero-order chi connectivity index (χ0) is 14.5. The van der Waals surface area contributed by atoms with E-state index in [0.29, 0.717) is 5.15 Å². The minimum atomic E-state index is 0.480. The molecule has 1 aromatic carbocycles. The summed E-state index contributed by atoms with van der Waals surface area (Å²) in [6, 6.07) is 9.73. The molecule has 0 radical (unpaired) electrons. The van der Waals surface area contributed by atoms with E-state index in [1.807, 2.05) is 49.4 Å². The van der Waals surface area contributed by atoms with Crippen LogP contribution in [0.2, 0.25) is 5.15 Å². The van der Waals surface area contributed by atoms with E-state index in [9.17, 15) is 0 Å². The maximum absolute atomic E-state index is 6.29. The van der Waals surface area contributed by atoms with Crippen LogP contribution >= 0.6 is 11.6 Å². The predicted octanol–water partition coefficient (Wildman–Crippen LogP) is 5.09. The monoisotopic (exact) mass is 285 g/mol. The zero-order valence-electron chi connectivity index (χ0n) is 11.6. The highest BCUT2D eigenvalue weighted by Crippen LogP contribution is 2.30. The van der Waals surface area contributed by atoms with Gasteiger partial charge in [0.25, 0.3) is 0 Å². The average molecular weight is 286 g/mol. The van der Waals surface area contributed by atoms with Crippen LogP contribution in [0.3, 0.4) is 0 Å². The number of hydrogen-bond acceptors (Lipinski definition) is 2. The van der Waals surface area contributed by atoms with Crippen molar-refractivity contribution in [3.63, 3.8) is 0 Å². The summed E-state index contributed by atoms with van der Waals surface area (Å²) in [5.41, 5.74) is 3.67. The number of benzene rings is 1. The molecule has 2 aromatic rings. The highest BCUT2D eigenvalue weighted by Gasteiger charge is 2.09. The average Bonchev–Trinajstić information content (AvgIpc) is 2.48. The third-order valence-corrected chi connectivity index (χ3v) is 3.27. The van der Waals surface area contributed by atoms with E-state index in [1.165, 1.54) is 0 Å². The molecule has 20 heavy (non-hydrogen) atoms. The molecule has 0 aliphatic heterocycles. The maximum atomic E-state index is 6.29. The summed E-state index contributed by atoms with van der Waals surface area (Å²) in [5.74, 6) is 0.812. The molecule has 1 heterocycles. The topological polar surface area (TPSA) is 22.1 Å². The molecule has 0 saturated heterocycles. The quantitative estimate of drug-likeness (QED) is 0.730. The normalized spacial score (nSPS) is 10.8. The lowest BCUT2D eigenvalue weighted by molar-refractivity contribution is 0.415. The van der Waals surface area contributed by atoms with Crippen LogP contribution in [0.25, 0.3) is 23.3 Å². The molecule has 0 bridgehead atoms. The number of aromatic nitrogens is 1. The fourth-order valence-corrected chi connectivity index (χ4v) is 2.20. The molecule has 0 N–H and O–H groups in total. The fourth-order valence-electron chi connectivity index (χ4n) is 1.95. The van der Waals surface area contributed by atoms with Crippen LogP contribution in [0.4, 0.5) is 0 Å². The van der Waals surface area contributed by atoms with E-state index in [1.54, 1.807) is 13.2 Å². The van der Waals surface area contributed by atoms with E-state index in [0.717, 1.165) is 28.1 Å². The first kappa shape index (κ1) is 14.4. The second kappa shape index (κ2) is 6.40. The molecular weight excluding hydrogens is 270 g/mol. The van der Waals surface area contributed by atoms with Crippen molar-refractivity contribution >= 4 is 23.8 Å². The molecule has 0 fully saturated rings. The number of methoxy groups -OCH3 is 1. The molecule has 3 heteroatoms. The van der Waals surface area contributed by atoms with Gasteiger partial charge in [0.05, 0.1) is 12.8 Å². The molecule has 0 amide bonds. The molecule has 0 unspecified atom stereocenters. The molecule has 1 aromatic heterocycles. The Kier molecular flexibility index (Phi) is 4.59. The van der Waals surface area contributed by atoms with Gasteiger partial charge in [-0.3, -0.25) is 0 Å². The highest BCUT2D eigenvalue weighted by atomic mass is 35.5. The van der Waals surface area contributed by atoms with E-state index in [2.05, 4.69) is 11.6 Å². The van der Waals surface area contributed by atoms with Crippen LogP contribution in [0.1, 0.15) is 18.2 Å². The molecule has 0 aliphatic rings. The van der Waals surface area contributed by atoms with E-state index < -0.39 is 0 Å². The third kappa shape index (κ3) is 2.91. The van der Waals surface area contributed by atoms with Gasteiger partial charge < -0.3 is 4.74 Å². The lowest BCUT2D eigenvalue weighted by Crippen LogP contribution is -1.92. The summed E-state index contributed by atoms with van der Waals surface area (Å²) < 4.78 is 5.16. The fraction of sp³-hybridized carbons (Fsp3) is 0.118. The summed E-state index contributed by atoms with van der Waals surface area (Å²) in [5, 5.41) is 0.480. The molecule has 2 rings (SSSR count). The lowest BCUT2D eigenvalue weighted by Gasteiger charge is -2.09. The summed E-state index contributed by atoms with van der Waals surface area (Å²) in [6.45, 7) is 5.77. The standard InChI is InChI=1S/C17H16ClNO/c1-4-6-16-12(5-2)11-15(17(18)19-16)13-7-9-14(20-3)10-8-13/h4-11H,2H2,1,3H3/b6-4-. The summed E-state index contributed by atoms with van der Waals surface area (Å²) in [6.07, 6.45) is 5.63. The molecule has 0 atom stereocenters. The first-order valence-corrected chi connectivity index (χ1v) is 6.67. The van der Waals surface area contributed by atoms with Crippen LogP contribution in [-0.4, -0.2) is 12.1 Å². The number of rotatable bonds is 4. The SMILES string of the molecule is C=Cc1cc(-c2ccc(OC)cc2)c(Cl)nc1/C=C\C. The van der Waals surface area contributed by atoms with Gasteiger partial charge in [-0.1, -0.05) is 42.5 Å². The number of halogens is 1. The number of ether oxygens (including phenoxy) is 1. The minimum absolute atomic E-state index is 0.480. The largest absolute Gasteiger partial charge is 0.497 e. The van der Waals surface area contributed by atoms with Gasteiger partial charge in [-0.25, -0.2) is 4.98 Å². The van der Waals surface area contributed by atoms with Crippen molar-refractivity contribution in [2.24, 2.45) is 0 Å². The Bertz CT molecular complexity index is 645. The van der Waals surface area contributed by atoms with Crippen LogP contribution in [0.5, 0.6) is 5.75 Å². The van der Waals surface area contributed by atoms with Crippen molar-refractivity contribution in [1.82, 2.24) is 4.98 Å². The Morgan fingerprint density at radius 3 is 2.50 bits per heavy atom. The predicted molar refractivity (Wildman–Crippen MR) is 86.0 cm³/mol. The summed E-state index contributed by atoms with van der Waals surface area (Å²) in [4.78, 5) is 4.43.